The molecule has 0 spiro atoms. The first kappa shape index (κ1) is 13.4. The van der Waals surface area contributed by atoms with Gasteiger partial charge in [-0.2, -0.15) is 13.2 Å². The highest BCUT2D eigenvalue weighted by atomic mass is 19.4. The smallest absolute Gasteiger partial charge is 0.416 e. The van der Waals surface area contributed by atoms with Gasteiger partial charge >= 0.3 is 6.18 Å². The third-order valence-corrected chi connectivity index (χ3v) is 2.72. The second-order valence-corrected chi connectivity index (χ2v) is 4.03. The van der Waals surface area contributed by atoms with E-state index in [-0.39, 0.29) is 11.3 Å². The Morgan fingerprint density at radius 1 is 1.32 bits per heavy atom. The lowest BCUT2D eigenvalue weighted by Gasteiger charge is -2.25. The van der Waals surface area contributed by atoms with Gasteiger partial charge in [-0.15, -0.1) is 0 Å². The van der Waals surface area contributed by atoms with Gasteiger partial charge in [0.1, 0.15) is 5.75 Å². The summed E-state index contributed by atoms with van der Waals surface area (Å²) < 4.78 is 43.3. The third kappa shape index (κ3) is 2.70. The molecule has 1 heterocycles. The third-order valence-electron chi connectivity index (χ3n) is 2.72. The molecule has 19 heavy (non-hydrogen) atoms. The molecule has 0 saturated heterocycles. The number of halogens is 3. The Labute approximate surface area is 107 Å². The predicted octanol–water partition coefficient (Wildman–Crippen LogP) is 1.97. The number of rotatable bonds is 2. The maximum Gasteiger partial charge on any atom is 0.416 e. The van der Waals surface area contributed by atoms with Crippen LogP contribution in [0.3, 0.4) is 0 Å². The lowest BCUT2D eigenvalue weighted by atomic mass is 9.97. The van der Waals surface area contributed by atoms with Gasteiger partial charge in [0, 0.05) is 11.8 Å². The van der Waals surface area contributed by atoms with Crippen molar-refractivity contribution in [2.24, 2.45) is 10.7 Å². The maximum absolute atomic E-state index is 12.8. The molecule has 1 aliphatic rings. The Bertz CT molecular complexity index is 526. The minimum atomic E-state index is -4.47. The van der Waals surface area contributed by atoms with Crippen molar-refractivity contribution in [3.05, 3.63) is 41.6 Å². The Kier molecular flexibility index (Phi) is 3.23. The molecule has 0 bridgehead atoms. The van der Waals surface area contributed by atoms with Gasteiger partial charge in [-0.05, 0) is 24.3 Å². The molecule has 0 aromatic heterocycles. The molecular weight excluding hydrogens is 259 g/mol. The topological polar surface area (TPSA) is 59.6 Å². The number of aliphatic imine (C=N–C) groups is 1. The summed E-state index contributed by atoms with van der Waals surface area (Å²) in [7, 11) is 1.30. The van der Waals surface area contributed by atoms with E-state index < -0.39 is 17.4 Å². The van der Waals surface area contributed by atoms with E-state index >= 15 is 0 Å². The van der Waals surface area contributed by atoms with Crippen molar-refractivity contribution in [1.29, 1.82) is 0 Å². The molecule has 1 aromatic carbocycles. The summed E-state index contributed by atoms with van der Waals surface area (Å²) in [6.45, 7) is 0. The van der Waals surface area contributed by atoms with Crippen LogP contribution in [0.25, 0.3) is 0 Å². The van der Waals surface area contributed by atoms with Gasteiger partial charge in [0.25, 0.3) is 0 Å². The van der Waals surface area contributed by atoms with Crippen molar-refractivity contribution < 1.29 is 17.9 Å². The van der Waals surface area contributed by atoms with Crippen molar-refractivity contribution in [3.63, 3.8) is 0 Å². The number of nitrogens with zero attached hydrogens (tertiary/aromatic N) is 1. The predicted molar refractivity (Wildman–Crippen MR) is 64.6 cm³/mol. The van der Waals surface area contributed by atoms with Gasteiger partial charge in [-0.3, -0.25) is 5.73 Å². The van der Waals surface area contributed by atoms with Crippen LogP contribution in [0, 0.1) is 0 Å². The summed E-state index contributed by atoms with van der Waals surface area (Å²) in [5.41, 5.74) is 4.01. The van der Waals surface area contributed by atoms with Gasteiger partial charge < -0.3 is 10.1 Å². The summed E-state index contributed by atoms with van der Waals surface area (Å²) in [5.74, 6) is 0.0804. The largest absolute Gasteiger partial charge is 0.497 e. The number of alkyl halides is 3. The normalized spacial score (nSPS) is 22.2. The number of nitrogens with two attached hydrogens (primary N) is 1. The highest BCUT2D eigenvalue weighted by Gasteiger charge is 2.34. The first-order chi connectivity index (χ1) is 8.85. The van der Waals surface area contributed by atoms with Gasteiger partial charge in [-0.1, -0.05) is 0 Å². The molecule has 2 rings (SSSR count). The van der Waals surface area contributed by atoms with E-state index in [1.165, 1.54) is 31.8 Å². The average Bonchev–Trinajstić information content (AvgIpc) is 2.38. The van der Waals surface area contributed by atoms with E-state index in [9.17, 15) is 13.2 Å². The summed E-state index contributed by atoms with van der Waals surface area (Å²) in [6, 6.07) is 3.32. The molecule has 1 aromatic rings. The van der Waals surface area contributed by atoms with Gasteiger partial charge in [0.15, 0.2) is 5.66 Å². The monoisotopic (exact) mass is 271 g/mol. The lowest BCUT2D eigenvalue weighted by Crippen LogP contribution is -2.36. The molecule has 4 nitrogen and oxygen atoms in total. The van der Waals surface area contributed by atoms with Gasteiger partial charge in [-0.25, -0.2) is 4.99 Å². The summed E-state index contributed by atoms with van der Waals surface area (Å²) in [5, 5.41) is 2.68. The van der Waals surface area contributed by atoms with Crippen LogP contribution in [0.15, 0.2) is 35.5 Å². The summed E-state index contributed by atoms with van der Waals surface area (Å²) in [4.78, 5) is 3.96. The zero-order valence-corrected chi connectivity index (χ0v) is 10.0. The number of nitrogens with one attached hydrogen (secondary N) is 1. The Morgan fingerprint density at radius 3 is 2.58 bits per heavy atom. The minimum absolute atomic E-state index is 0.0804. The van der Waals surface area contributed by atoms with Crippen molar-refractivity contribution in [2.75, 3.05) is 7.11 Å². The van der Waals surface area contributed by atoms with Gasteiger partial charge in [0.05, 0.1) is 19.0 Å². The summed E-state index contributed by atoms with van der Waals surface area (Å²) >= 11 is 0. The van der Waals surface area contributed by atoms with E-state index in [0.29, 0.717) is 0 Å². The van der Waals surface area contributed by atoms with Crippen LogP contribution in [0.1, 0.15) is 11.1 Å². The Hall–Kier alpha value is -2.02. The lowest BCUT2D eigenvalue weighted by molar-refractivity contribution is -0.137. The van der Waals surface area contributed by atoms with Crippen LogP contribution < -0.4 is 15.8 Å². The molecule has 7 heteroatoms. The molecule has 1 atom stereocenters. The average molecular weight is 271 g/mol. The van der Waals surface area contributed by atoms with Crippen LogP contribution in [-0.4, -0.2) is 13.4 Å². The van der Waals surface area contributed by atoms with E-state index in [1.54, 1.807) is 0 Å². The maximum atomic E-state index is 12.8. The van der Waals surface area contributed by atoms with Crippen molar-refractivity contribution in [1.82, 2.24) is 5.32 Å². The standard InChI is InChI=1S/C12H12F3N3O/c1-19-10-5-8(4-9(6-10)12(13,14)15)11(16)2-3-17-7-18-11/h2-7H,16H2,1H3,(H,17,18). The van der Waals surface area contributed by atoms with E-state index in [0.717, 1.165) is 12.1 Å². The first-order valence-corrected chi connectivity index (χ1v) is 5.38. The number of ether oxygens (including phenoxy) is 1. The number of hydrogen-bond donors (Lipinski definition) is 2. The highest BCUT2D eigenvalue weighted by molar-refractivity contribution is 5.60. The number of benzene rings is 1. The van der Waals surface area contributed by atoms with Crippen LogP contribution in [0.2, 0.25) is 0 Å². The second-order valence-electron chi connectivity index (χ2n) is 4.03. The van der Waals surface area contributed by atoms with Crippen molar-refractivity contribution >= 4 is 6.34 Å². The zero-order chi connectivity index (χ0) is 14.1. The van der Waals surface area contributed by atoms with E-state index in [1.807, 2.05) is 0 Å². The van der Waals surface area contributed by atoms with Crippen molar-refractivity contribution in [3.8, 4) is 5.75 Å². The number of hydrogen-bond acceptors (Lipinski definition) is 4. The van der Waals surface area contributed by atoms with Crippen molar-refractivity contribution in [2.45, 2.75) is 11.8 Å². The molecule has 1 unspecified atom stereocenters. The fraction of sp³-hybridized carbons (Fsp3) is 0.250. The molecule has 0 radical (unpaired) electrons. The Morgan fingerprint density at radius 2 is 2.05 bits per heavy atom. The molecule has 3 N–H and O–H groups in total. The van der Waals surface area contributed by atoms with E-state index in [4.69, 9.17) is 10.5 Å². The van der Waals surface area contributed by atoms with Crippen LogP contribution in [-0.2, 0) is 11.8 Å². The molecule has 1 aliphatic heterocycles. The number of methoxy groups -OCH3 is 1. The minimum Gasteiger partial charge on any atom is -0.497 e. The highest BCUT2D eigenvalue weighted by Crippen LogP contribution is 2.35. The fourth-order valence-electron chi connectivity index (χ4n) is 1.69. The molecule has 0 aliphatic carbocycles. The zero-order valence-electron chi connectivity index (χ0n) is 10.0. The molecule has 102 valence electrons. The first-order valence-electron chi connectivity index (χ1n) is 5.38. The molecular formula is C12H12F3N3O. The van der Waals surface area contributed by atoms with Crippen LogP contribution in [0.5, 0.6) is 5.75 Å². The SMILES string of the molecule is COc1cc(C(F)(F)F)cc(C2(N)C=CNC=N2)c1. The Balaban J connectivity index is 2.54. The van der Waals surface area contributed by atoms with Crippen LogP contribution >= 0.6 is 0 Å². The van der Waals surface area contributed by atoms with Crippen LogP contribution in [0.4, 0.5) is 13.2 Å². The summed E-state index contributed by atoms with van der Waals surface area (Å²) in [6.07, 6.45) is -0.158. The molecule has 0 fully saturated rings. The molecule has 0 saturated carbocycles. The quantitative estimate of drug-likeness (QED) is 0.864. The van der Waals surface area contributed by atoms with Gasteiger partial charge in [0.2, 0.25) is 0 Å². The molecule has 0 amide bonds. The second kappa shape index (κ2) is 4.58. The van der Waals surface area contributed by atoms with E-state index in [2.05, 4.69) is 10.3 Å². The fourth-order valence-corrected chi connectivity index (χ4v) is 1.69.